The summed E-state index contributed by atoms with van der Waals surface area (Å²) in [4.78, 5) is 83.9. The van der Waals surface area contributed by atoms with Gasteiger partial charge in [0.2, 0.25) is 11.8 Å². The molecule has 4 aliphatic heterocycles. The average molecular weight is 902 g/mol. The first-order valence-corrected chi connectivity index (χ1v) is 23.7. The van der Waals surface area contributed by atoms with Crippen LogP contribution in [0.3, 0.4) is 0 Å². The van der Waals surface area contributed by atoms with E-state index < -0.39 is 24.3 Å². The molecule has 2 aromatic carbocycles. The molecule has 4 saturated heterocycles. The van der Waals surface area contributed by atoms with Gasteiger partial charge in [0.1, 0.15) is 29.6 Å². The third-order valence-electron chi connectivity index (χ3n) is 14.4. The van der Waals surface area contributed by atoms with Crippen molar-refractivity contribution in [2.45, 2.75) is 115 Å². The van der Waals surface area contributed by atoms with Crippen molar-refractivity contribution >= 4 is 57.6 Å². The molecule has 5 aromatic rings. The minimum atomic E-state index is -1.12. The predicted octanol–water partition coefficient (Wildman–Crippen LogP) is 7.86. The lowest BCUT2D eigenvalue weighted by molar-refractivity contribution is -0.138. The van der Waals surface area contributed by atoms with E-state index in [0.29, 0.717) is 18.9 Å². The van der Waals surface area contributed by atoms with Crippen molar-refractivity contribution in [3.05, 3.63) is 77.5 Å². The number of rotatable bonds is 12. The molecule has 17 nitrogen and oxygen atoms in total. The maximum Gasteiger partial charge on any atom is 0.407 e. The highest BCUT2D eigenvalue weighted by atomic mass is 16.5. The molecule has 0 aliphatic carbocycles. The molecular weight excluding hydrogens is 839 g/mol. The van der Waals surface area contributed by atoms with E-state index in [2.05, 4.69) is 73.6 Å². The summed E-state index contributed by atoms with van der Waals surface area (Å²) in [6.07, 6.45) is 7.53. The van der Waals surface area contributed by atoms with E-state index in [4.69, 9.17) is 19.7 Å². The van der Waals surface area contributed by atoms with E-state index in [9.17, 15) is 24.3 Å². The number of carbonyl (C=O) groups excluding carboxylic acids is 3. The fraction of sp³-hybridized carbons (Fsp3) is 0.531. The Hall–Kier alpha value is -6.39. The van der Waals surface area contributed by atoms with Gasteiger partial charge in [0.25, 0.3) is 0 Å². The van der Waals surface area contributed by atoms with Crippen LogP contribution in [-0.2, 0) is 14.3 Å². The zero-order valence-corrected chi connectivity index (χ0v) is 38.9. The number of methoxy groups -OCH3 is 1. The predicted molar refractivity (Wildman–Crippen MR) is 251 cm³/mol. The Labute approximate surface area is 385 Å². The van der Waals surface area contributed by atoms with Crippen LogP contribution in [0.5, 0.6) is 0 Å². The largest absolute Gasteiger partial charge is 0.465 e. The van der Waals surface area contributed by atoms with Crippen LogP contribution in [0.1, 0.15) is 126 Å². The number of aromatic amines is 2. The van der Waals surface area contributed by atoms with Gasteiger partial charge in [-0.25, -0.2) is 24.5 Å². The first-order chi connectivity index (χ1) is 31.8. The molecule has 4 aliphatic rings. The number of ether oxygens (including phenoxy) is 1. The number of alkyl carbamates (subject to hydrolysis) is 1. The van der Waals surface area contributed by atoms with Gasteiger partial charge in [-0.3, -0.25) is 14.5 Å². The molecule has 0 saturated carbocycles. The van der Waals surface area contributed by atoms with E-state index in [0.717, 1.165) is 107 Å². The van der Waals surface area contributed by atoms with Crippen LogP contribution in [0.15, 0.2) is 54.7 Å². The number of fused-ring (bicyclic) bond motifs is 2. The van der Waals surface area contributed by atoms with Gasteiger partial charge in [-0.15, -0.1) is 0 Å². The summed E-state index contributed by atoms with van der Waals surface area (Å²) in [6, 6.07) is 15.2. The van der Waals surface area contributed by atoms with E-state index in [1.165, 1.54) is 27.0 Å². The SMILES string of the molecule is COC(=O)N[C@H](C(=O)N1CCC[C@H]1c1nc2cc([C@H]3CC[C@H](c4ccc5[nH]c([C@@H]6CCCN6C(=O)[C@H](C(C)C)N(C)C(=O)O)nc5c4)N3c3ccc(N4CCCC4)nc3)ccc2[nH]1)C(C)C. The number of carboxylic acid groups (broad SMARTS) is 1. The number of amides is 4. The van der Waals surface area contributed by atoms with Crippen LogP contribution in [0.25, 0.3) is 22.1 Å². The van der Waals surface area contributed by atoms with Crippen molar-refractivity contribution in [1.29, 1.82) is 0 Å². The number of pyridine rings is 1. The van der Waals surface area contributed by atoms with E-state index in [-0.39, 0.29) is 47.8 Å². The highest BCUT2D eigenvalue weighted by Crippen LogP contribution is 2.48. The quantitative estimate of drug-likeness (QED) is 0.0952. The second-order valence-corrected chi connectivity index (χ2v) is 19.2. The van der Waals surface area contributed by atoms with Crippen molar-refractivity contribution < 1.29 is 29.0 Å². The molecule has 6 atom stereocenters. The van der Waals surface area contributed by atoms with Crippen molar-refractivity contribution in [2.75, 3.05) is 50.1 Å². The van der Waals surface area contributed by atoms with Gasteiger partial charge >= 0.3 is 12.2 Å². The van der Waals surface area contributed by atoms with E-state index in [1.54, 1.807) is 4.90 Å². The summed E-state index contributed by atoms with van der Waals surface area (Å²) in [5, 5.41) is 12.5. The van der Waals surface area contributed by atoms with Crippen LogP contribution in [0.4, 0.5) is 21.1 Å². The van der Waals surface area contributed by atoms with Crippen molar-refractivity contribution in [3.63, 3.8) is 0 Å². The first-order valence-electron chi connectivity index (χ1n) is 23.7. The molecule has 17 heteroatoms. The van der Waals surface area contributed by atoms with Crippen molar-refractivity contribution in [3.8, 4) is 0 Å². The van der Waals surface area contributed by atoms with Crippen LogP contribution in [0, 0.1) is 11.8 Å². The first kappa shape index (κ1) is 44.8. The molecule has 7 heterocycles. The summed E-state index contributed by atoms with van der Waals surface area (Å²) in [7, 11) is 2.76. The Morgan fingerprint density at radius 1 is 0.727 bits per heavy atom. The summed E-state index contributed by atoms with van der Waals surface area (Å²) in [6.45, 7) is 10.7. The molecule has 0 unspecified atom stereocenters. The van der Waals surface area contributed by atoms with E-state index in [1.807, 2.05) is 38.8 Å². The second kappa shape index (κ2) is 18.5. The highest BCUT2D eigenvalue weighted by molar-refractivity contribution is 5.87. The topological polar surface area (TPSA) is 196 Å². The van der Waals surface area contributed by atoms with Crippen molar-refractivity contribution in [1.82, 2.24) is 44.9 Å². The molecule has 9 rings (SSSR count). The van der Waals surface area contributed by atoms with Gasteiger partial charge in [0.15, 0.2) is 0 Å². The molecule has 66 heavy (non-hydrogen) atoms. The molecule has 4 amide bonds. The zero-order valence-electron chi connectivity index (χ0n) is 38.9. The number of hydrogen-bond acceptors (Lipinski definition) is 10. The fourth-order valence-electron chi connectivity index (χ4n) is 11.0. The Bertz CT molecular complexity index is 2590. The summed E-state index contributed by atoms with van der Waals surface area (Å²) in [5.41, 5.74) is 6.73. The summed E-state index contributed by atoms with van der Waals surface area (Å²) in [5.74, 6) is 1.79. The van der Waals surface area contributed by atoms with Gasteiger partial charge < -0.3 is 44.7 Å². The smallest absolute Gasteiger partial charge is 0.407 e. The van der Waals surface area contributed by atoms with Gasteiger partial charge in [0.05, 0.1) is 65.2 Å². The minimum absolute atomic E-state index is 0.0119. The van der Waals surface area contributed by atoms with Gasteiger partial charge in [0, 0.05) is 33.2 Å². The molecule has 3 aromatic heterocycles. The Balaban J connectivity index is 1.01. The molecule has 4 fully saturated rings. The summed E-state index contributed by atoms with van der Waals surface area (Å²) >= 11 is 0. The lowest BCUT2D eigenvalue weighted by Gasteiger charge is -2.33. The number of nitrogens with zero attached hydrogens (tertiary/aromatic N) is 8. The number of anilines is 2. The molecule has 0 spiro atoms. The van der Waals surface area contributed by atoms with Crippen LogP contribution in [-0.4, -0.2) is 121 Å². The monoisotopic (exact) mass is 901 g/mol. The van der Waals surface area contributed by atoms with Crippen LogP contribution in [0.2, 0.25) is 0 Å². The third kappa shape index (κ3) is 8.47. The average Bonchev–Trinajstić information content (AvgIpc) is 4.17. The Morgan fingerprint density at radius 2 is 1.29 bits per heavy atom. The number of benzene rings is 2. The zero-order chi connectivity index (χ0) is 46.4. The van der Waals surface area contributed by atoms with Crippen LogP contribution < -0.4 is 15.1 Å². The maximum atomic E-state index is 14.0. The number of H-pyrrole nitrogens is 2. The molecule has 0 radical (unpaired) electrons. The van der Waals surface area contributed by atoms with E-state index >= 15 is 0 Å². The lowest BCUT2D eigenvalue weighted by atomic mass is 10.0. The standard InChI is InChI=1S/C49H63N11O6/c1-28(2)42(55-48(63)66-6)46(61)58-23-9-11-39(58)44-51-33-16-13-30(25-35(33)53-44)37-18-19-38(60(37)32-15-20-41(50-27-32)57-21-7-8-22-57)31-14-17-34-36(26-31)54-45(52-34)40-12-10-24-59(40)47(62)43(29(3)4)56(5)49(64)65/h13-17,20,25-29,37-40,42-43H,7-12,18-19,21-24H2,1-6H3,(H,51,53)(H,52,54)(H,55,63)(H,64,65)/t37-,38-,39+,40+,42+,43+/m1/s1. The molecule has 350 valence electrons. The molecule has 0 bridgehead atoms. The maximum absolute atomic E-state index is 14.0. The number of aromatic nitrogens is 5. The fourth-order valence-corrected chi connectivity index (χ4v) is 11.0. The number of nitrogens with one attached hydrogen (secondary N) is 3. The van der Waals surface area contributed by atoms with Crippen molar-refractivity contribution in [2.24, 2.45) is 11.8 Å². The minimum Gasteiger partial charge on any atom is -0.465 e. The number of imidazole rings is 2. The van der Waals surface area contributed by atoms with Crippen LogP contribution >= 0.6 is 0 Å². The molecular formula is C49H63N11O6. The number of hydrogen-bond donors (Lipinski definition) is 4. The lowest BCUT2D eigenvalue weighted by Crippen LogP contribution is -2.51. The van der Waals surface area contributed by atoms with Gasteiger partial charge in [-0.2, -0.15) is 0 Å². The summed E-state index contributed by atoms with van der Waals surface area (Å²) < 4.78 is 4.83. The van der Waals surface area contributed by atoms with Gasteiger partial charge in [-0.1, -0.05) is 39.8 Å². The Kier molecular flexibility index (Phi) is 12.5. The Morgan fingerprint density at radius 3 is 1.77 bits per heavy atom. The third-order valence-corrected chi connectivity index (χ3v) is 14.4. The number of carbonyl (C=O) groups is 4. The van der Waals surface area contributed by atoms with Gasteiger partial charge in [-0.05, 0) is 111 Å². The molecule has 4 N–H and O–H groups in total. The second-order valence-electron chi connectivity index (χ2n) is 19.2. The normalized spacial score (nSPS) is 22.0. The highest BCUT2D eigenvalue weighted by Gasteiger charge is 2.41. The number of likely N-dealkylation sites (N-methyl/N-ethyl adjacent to an activating group) is 1. The number of likely N-dealkylation sites (tertiary alicyclic amines) is 2.